The quantitative estimate of drug-likeness (QED) is 0.575. The topological polar surface area (TPSA) is 107 Å². The van der Waals surface area contributed by atoms with Gasteiger partial charge in [0.1, 0.15) is 17.5 Å². The van der Waals surface area contributed by atoms with Crippen molar-refractivity contribution >= 4 is 29.0 Å². The molecule has 1 aromatic carbocycles. The second-order valence-corrected chi connectivity index (χ2v) is 5.20. The number of amides is 2. The molecule has 0 saturated carbocycles. The molecule has 0 aliphatic rings. The van der Waals surface area contributed by atoms with Crippen molar-refractivity contribution in [1.82, 2.24) is 4.98 Å². The fourth-order valence-corrected chi connectivity index (χ4v) is 1.96. The van der Waals surface area contributed by atoms with Crippen molar-refractivity contribution in [3.05, 3.63) is 59.9 Å². The molecular weight excluding hydrogens is 318 g/mol. The Balaban J connectivity index is 2.04. The number of carbonyl (C=O) groups is 2. The lowest BCUT2D eigenvalue weighted by molar-refractivity contribution is -0.114. The second-order valence-electron chi connectivity index (χ2n) is 5.20. The van der Waals surface area contributed by atoms with Crippen LogP contribution in [-0.4, -0.2) is 16.8 Å². The standard InChI is InChI=1S/C18H17N5O2/c1-12-4-3-9-20-17(12)21-11-14(10-19)18(25)23-16-7-5-15(6-8-16)22-13(2)24/h3-9,11H,1-2H3,(H,20,21)(H,22,24)(H,23,25)/b14-11-. The molecule has 126 valence electrons. The maximum absolute atomic E-state index is 12.2. The lowest BCUT2D eigenvalue weighted by atomic mass is 10.2. The average Bonchev–Trinajstić information content (AvgIpc) is 2.58. The summed E-state index contributed by atoms with van der Waals surface area (Å²) in [5.74, 6) is -0.152. The molecule has 0 saturated heterocycles. The number of carbonyl (C=O) groups excluding carboxylic acids is 2. The van der Waals surface area contributed by atoms with Crippen LogP contribution in [0.2, 0.25) is 0 Å². The fraction of sp³-hybridized carbons (Fsp3) is 0.111. The Labute approximate surface area is 145 Å². The minimum atomic E-state index is -0.545. The molecule has 0 spiro atoms. The Hall–Kier alpha value is -3.66. The summed E-state index contributed by atoms with van der Waals surface area (Å²) < 4.78 is 0. The van der Waals surface area contributed by atoms with Crippen LogP contribution >= 0.6 is 0 Å². The van der Waals surface area contributed by atoms with E-state index in [0.717, 1.165) is 5.56 Å². The molecule has 7 heteroatoms. The highest BCUT2D eigenvalue weighted by Crippen LogP contribution is 2.15. The van der Waals surface area contributed by atoms with E-state index in [2.05, 4.69) is 20.9 Å². The Morgan fingerprint density at radius 1 is 1.12 bits per heavy atom. The van der Waals surface area contributed by atoms with Crippen molar-refractivity contribution in [2.75, 3.05) is 16.0 Å². The summed E-state index contributed by atoms with van der Waals surface area (Å²) in [6.07, 6.45) is 2.93. The molecule has 0 fully saturated rings. The van der Waals surface area contributed by atoms with Crippen LogP contribution in [0.4, 0.5) is 17.2 Å². The molecule has 0 bridgehead atoms. The summed E-state index contributed by atoms with van der Waals surface area (Å²) in [6.45, 7) is 3.28. The number of nitriles is 1. The van der Waals surface area contributed by atoms with E-state index in [9.17, 15) is 14.9 Å². The van der Waals surface area contributed by atoms with Gasteiger partial charge in [-0.1, -0.05) is 6.07 Å². The normalized spacial score (nSPS) is 10.5. The number of aromatic nitrogens is 1. The van der Waals surface area contributed by atoms with Gasteiger partial charge in [0.15, 0.2) is 0 Å². The number of nitrogens with one attached hydrogen (secondary N) is 3. The number of anilines is 3. The van der Waals surface area contributed by atoms with E-state index in [1.165, 1.54) is 13.1 Å². The van der Waals surface area contributed by atoms with Crippen LogP contribution in [-0.2, 0) is 9.59 Å². The van der Waals surface area contributed by atoms with Gasteiger partial charge < -0.3 is 16.0 Å². The maximum Gasteiger partial charge on any atom is 0.267 e. The lowest BCUT2D eigenvalue weighted by Gasteiger charge is -2.07. The summed E-state index contributed by atoms with van der Waals surface area (Å²) in [7, 11) is 0. The van der Waals surface area contributed by atoms with Crippen LogP contribution in [0.1, 0.15) is 12.5 Å². The van der Waals surface area contributed by atoms with Crippen LogP contribution in [0.5, 0.6) is 0 Å². The molecule has 2 rings (SSSR count). The van der Waals surface area contributed by atoms with E-state index in [-0.39, 0.29) is 11.5 Å². The van der Waals surface area contributed by atoms with E-state index in [1.807, 2.05) is 19.1 Å². The van der Waals surface area contributed by atoms with Gasteiger partial charge in [-0.3, -0.25) is 9.59 Å². The zero-order valence-electron chi connectivity index (χ0n) is 13.8. The summed E-state index contributed by atoms with van der Waals surface area (Å²) in [5.41, 5.74) is 1.93. The van der Waals surface area contributed by atoms with Crippen LogP contribution in [0.25, 0.3) is 0 Å². The summed E-state index contributed by atoms with van der Waals surface area (Å²) in [5, 5.41) is 17.3. The molecule has 0 atom stereocenters. The van der Waals surface area contributed by atoms with E-state index in [4.69, 9.17) is 0 Å². The van der Waals surface area contributed by atoms with Crippen molar-refractivity contribution in [2.24, 2.45) is 0 Å². The first kappa shape index (κ1) is 17.7. The van der Waals surface area contributed by atoms with Gasteiger partial charge >= 0.3 is 0 Å². The highest BCUT2D eigenvalue weighted by Gasteiger charge is 2.10. The Morgan fingerprint density at radius 2 is 1.76 bits per heavy atom. The van der Waals surface area contributed by atoms with E-state index in [1.54, 1.807) is 36.5 Å². The SMILES string of the molecule is CC(=O)Nc1ccc(NC(=O)/C(C#N)=C\Nc2ncccc2C)cc1. The van der Waals surface area contributed by atoms with Gasteiger partial charge in [0.25, 0.3) is 5.91 Å². The van der Waals surface area contributed by atoms with Gasteiger partial charge in [0, 0.05) is 30.7 Å². The molecule has 1 aromatic heterocycles. The molecule has 0 radical (unpaired) electrons. The van der Waals surface area contributed by atoms with Gasteiger partial charge in [0.2, 0.25) is 5.91 Å². The molecule has 25 heavy (non-hydrogen) atoms. The van der Waals surface area contributed by atoms with Crippen molar-refractivity contribution in [3.8, 4) is 6.07 Å². The highest BCUT2D eigenvalue weighted by atomic mass is 16.2. The van der Waals surface area contributed by atoms with Gasteiger partial charge in [0.05, 0.1) is 0 Å². The predicted octanol–water partition coefficient (Wildman–Crippen LogP) is 2.81. The first-order valence-corrected chi connectivity index (χ1v) is 7.47. The Kier molecular flexibility index (Phi) is 5.85. The fourth-order valence-electron chi connectivity index (χ4n) is 1.96. The highest BCUT2D eigenvalue weighted by molar-refractivity contribution is 6.06. The van der Waals surface area contributed by atoms with Gasteiger partial charge in [-0.2, -0.15) is 5.26 Å². The molecule has 0 aliphatic heterocycles. The maximum atomic E-state index is 12.2. The smallest absolute Gasteiger partial charge is 0.267 e. The predicted molar refractivity (Wildman–Crippen MR) is 95.7 cm³/mol. The second kappa shape index (κ2) is 8.26. The average molecular weight is 335 g/mol. The van der Waals surface area contributed by atoms with E-state index >= 15 is 0 Å². The summed E-state index contributed by atoms with van der Waals surface area (Å²) >= 11 is 0. The van der Waals surface area contributed by atoms with E-state index < -0.39 is 5.91 Å². The van der Waals surface area contributed by atoms with Crippen LogP contribution in [0.3, 0.4) is 0 Å². The monoisotopic (exact) mass is 335 g/mol. The van der Waals surface area contributed by atoms with Crippen molar-refractivity contribution in [1.29, 1.82) is 5.26 Å². The zero-order chi connectivity index (χ0) is 18.2. The summed E-state index contributed by atoms with van der Waals surface area (Å²) in [4.78, 5) is 27.3. The van der Waals surface area contributed by atoms with E-state index in [0.29, 0.717) is 17.2 Å². The molecule has 2 amide bonds. The third kappa shape index (κ3) is 5.18. The number of rotatable bonds is 5. The minimum absolute atomic E-state index is 0.0870. The number of nitrogens with zero attached hydrogens (tertiary/aromatic N) is 2. The minimum Gasteiger partial charge on any atom is -0.345 e. The number of pyridine rings is 1. The Bertz CT molecular complexity index is 851. The molecule has 2 aromatic rings. The molecule has 0 aliphatic carbocycles. The van der Waals surface area contributed by atoms with Gasteiger partial charge in [-0.05, 0) is 42.8 Å². The molecule has 0 unspecified atom stereocenters. The van der Waals surface area contributed by atoms with Crippen molar-refractivity contribution < 1.29 is 9.59 Å². The number of benzene rings is 1. The molecule has 1 heterocycles. The number of hydrogen-bond donors (Lipinski definition) is 3. The van der Waals surface area contributed by atoms with Gasteiger partial charge in [-0.15, -0.1) is 0 Å². The third-order valence-electron chi connectivity index (χ3n) is 3.19. The number of aryl methyl sites for hydroxylation is 1. The van der Waals surface area contributed by atoms with Crippen LogP contribution in [0, 0.1) is 18.3 Å². The summed E-state index contributed by atoms with van der Waals surface area (Å²) in [6, 6.07) is 12.1. The molecular formula is C18H17N5O2. The molecule has 3 N–H and O–H groups in total. The van der Waals surface area contributed by atoms with Crippen molar-refractivity contribution in [2.45, 2.75) is 13.8 Å². The van der Waals surface area contributed by atoms with Crippen molar-refractivity contribution in [3.63, 3.8) is 0 Å². The van der Waals surface area contributed by atoms with Crippen LogP contribution < -0.4 is 16.0 Å². The van der Waals surface area contributed by atoms with Gasteiger partial charge in [-0.25, -0.2) is 4.98 Å². The molecule has 7 nitrogen and oxygen atoms in total. The first-order valence-electron chi connectivity index (χ1n) is 7.47. The zero-order valence-corrected chi connectivity index (χ0v) is 13.8. The lowest BCUT2D eigenvalue weighted by Crippen LogP contribution is -2.15. The Morgan fingerprint density at radius 3 is 2.32 bits per heavy atom. The largest absolute Gasteiger partial charge is 0.345 e. The number of hydrogen-bond acceptors (Lipinski definition) is 5. The first-order chi connectivity index (χ1) is 12.0. The van der Waals surface area contributed by atoms with Crippen LogP contribution in [0.15, 0.2) is 54.4 Å². The third-order valence-corrected chi connectivity index (χ3v) is 3.19.